The number of carbonyl (C=O) groups is 1. The summed E-state index contributed by atoms with van der Waals surface area (Å²) in [5.74, 6) is 0.886. The van der Waals surface area contributed by atoms with Crippen LogP contribution in [0.4, 0.5) is 4.39 Å². The predicted molar refractivity (Wildman–Crippen MR) is 116 cm³/mol. The highest BCUT2D eigenvalue weighted by Crippen LogP contribution is 2.34. The van der Waals surface area contributed by atoms with Gasteiger partial charge in [-0.1, -0.05) is 12.1 Å². The normalized spacial score (nSPS) is 19.4. The van der Waals surface area contributed by atoms with Gasteiger partial charge in [-0.25, -0.2) is 4.39 Å². The maximum absolute atomic E-state index is 13.5. The first-order valence-corrected chi connectivity index (χ1v) is 10.7. The van der Waals surface area contributed by atoms with Crippen molar-refractivity contribution in [3.8, 4) is 0 Å². The van der Waals surface area contributed by atoms with Crippen molar-refractivity contribution in [3.05, 3.63) is 59.8 Å². The maximum Gasteiger partial charge on any atom is 0.289 e. The van der Waals surface area contributed by atoms with Gasteiger partial charge in [0.05, 0.1) is 6.26 Å². The maximum atomic E-state index is 13.5. The number of benzene rings is 1. The molecule has 0 saturated carbocycles. The highest BCUT2D eigenvalue weighted by Gasteiger charge is 2.35. The molecule has 4 rings (SSSR count). The number of aliphatic imine (C=N–C) groups is 1. The van der Waals surface area contributed by atoms with E-state index in [1.165, 1.54) is 18.4 Å². The van der Waals surface area contributed by atoms with Crippen LogP contribution in [0.3, 0.4) is 0 Å². The first-order chi connectivity index (χ1) is 15.1. The summed E-state index contributed by atoms with van der Waals surface area (Å²) in [4.78, 5) is 20.9. The molecule has 2 aliphatic heterocycles. The second-order valence-corrected chi connectivity index (χ2v) is 8.06. The van der Waals surface area contributed by atoms with Crippen molar-refractivity contribution < 1.29 is 18.3 Å². The lowest BCUT2D eigenvalue weighted by atomic mass is 9.74. The Kier molecular flexibility index (Phi) is 6.56. The first kappa shape index (κ1) is 21.4. The summed E-state index contributed by atoms with van der Waals surface area (Å²) >= 11 is 0. The lowest BCUT2D eigenvalue weighted by Crippen LogP contribution is -2.55. The number of nitrogens with one attached hydrogen (secondary N) is 1. The molecule has 0 spiro atoms. The van der Waals surface area contributed by atoms with Gasteiger partial charge in [-0.05, 0) is 42.7 Å². The van der Waals surface area contributed by atoms with Crippen molar-refractivity contribution in [2.24, 2.45) is 4.99 Å². The van der Waals surface area contributed by atoms with Gasteiger partial charge < -0.3 is 24.3 Å². The Morgan fingerprint density at radius 2 is 1.77 bits per heavy atom. The molecular weight excluding hydrogens is 399 g/mol. The summed E-state index contributed by atoms with van der Waals surface area (Å²) in [6, 6.07) is 10.2. The molecule has 7 nitrogen and oxygen atoms in total. The summed E-state index contributed by atoms with van der Waals surface area (Å²) in [6.45, 7) is 4.67. The van der Waals surface area contributed by atoms with Crippen molar-refractivity contribution in [2.75, 3.05) is 53.0 Å². The van der Waals surface area contributed by atoms with Crippen LogP contribution in [0.5, 0.6) is 0 Å². The van der Waals surface area contributed by atoms with Gasteiger partial charge >= 0.3 is 0 Å². The lowest BCUT2D eigenvalue weighted by Gasteiger charge is -2.40. The van der Waals surface area contributed by atoms with Gasteiger partial charge in [0.1, 0.15) is 5.82 Å². The van der Waals surface area contributed by atoms with Crippen LogP contribution in [0.2, 0.25) is 0 Å². The molecule has 0 bridgehead atoms. The highest BCUT2D eigenvalue weighted by atomic mass is 19.1. The van der Waals surface area contributed by atoms with E-state index < -0.39 is 0 Å². The molecular formula is C23H29FN4O3. The summed E-state index contributed by atoms with van der Waals surface area (Å²) in [6.07, 6.45) is 3.25. The van der Waals surface area contributed by atoms with Crippen LogP contribution in [-0.4, -0.2) is 74.7 Å². The molecule has 1 aromatic heterocycles. The van der Waals surface area contributed by atoms with E-state index >= 15 is 0 Å². The van der Waals surface area contributed by atoms with Crippen LogP contribution < -0.4 is 5.32 Å². The monoisotopic (exact) mass is 428 g/mol. The van der Waals surface area contributed by atoms with Crippen LogP contribution in [0, 0.1) is 5.82 Å². The molecule has 3 heterocycles. The van der Waals surface area contributed by atoms with Gasteiger partial charge in [0.15, 0.2) is 11.7 Å². The number of piperazine rings is 1. The zero-order chi connectivity index (χ0) is 21.7. The molecule has 0 radical (unpaired) electrons. The third-order valence-corrected chi connectivity index (χ3v) is 6.30. The fourth-order valence-electron chi connectivity index (χ4n) is 4.39. The number of hydrogen-bond donors (Lipinski definition) is 1. The van der Waals surface area contributed by atoms with Crippen LogP contribution in [-0.2, 0) is 10.2 Å². The Hall–Kier alpha value is -2.87. The second kappa shape index (κ2) is 9.51. The first-order valence-electron chi connectivity index (χ1n) is 10.7. The zero-order valence-electron chi connectivity index (χ0n) is 17.8. The van der Waals surface area contributed by atoms with Crippen molar-refractivity contribution in [2.45, 2.75) is 18.3 Å². The topological polar surface area (TPSA) is 70.3 Å². The number of hydrogen-bond acceptors (Lipinski definition) is 4. The molecule has 2 saturated heterocycles. The molecule has 0 unspecified atom stereocenters. The Bertz CT molecular complexity index is 884. The molecule has 2 aliphatic rings. The van der Waals surface area contributed by atoms with Crippen molar-refractivity contribution in [1.82, 2.24) is 15.1 Å². The smallest absolute Gasteiger partial charge is 0.289 e. The van der Waals surface area contributed by atoms with E-state index in [1.54, 1.807) is 24.1 Å². The summed E-state index contributed by atoms with van der Waals surface area (Å²) in [5.41, 5.74) is 0.993. The molecule has 1 N–H and O–H groups in total. The Labute approximate surface area is 181 Å². The zero-order valence-corrected chi connectivity index (χ0v) is 17.8. The van der Waals surface area contributed by atoms with E-state index in [0.717, 1.165) is 24.4 Å². The predicted octanol–water partition coefficient (Wildman–Crippen LogP) is 2.50. The average molecular weight is 429 g/mol. The molecule has 2 aromatic rings. The van der Waals surface area contributed by atoms with Gasteiger partial charge in [0, 0.05) is 58.4 Å². The molecule has 1 amide bonds. The number of carbonyl (C=O) groups excluding carboxylic acids is 1. The van der Waals surface area contributed by atoms with Crippen LogP contribution in [0.25, 0.3) is 0 Å². The third kappa shape index (κ3) is 4.74. The quantitative estimate of drug-likeness (QED) is 0.599. The number of rotatable bonds is 4. The summed E-state index contributed by atoms with van der Waals surface area (Å²) in [5, 5.41) is 3.54. The molecule has 166 valence electrons. The van der Waals surface area contributed by atoms with Crippen LogP contribution in [0.15, 0.2) is 52.1 Å². The number of halogens is 1. The second-order valence-electron chi connectivity index (χ2n) is 8.06. The van der Waals surface area contributed by atoms with Gasteiger partial charge in [-0.3, -0.25) is 9.79 Å². The average Bonchev–Trinajstić information content (AvgIpc) is 3.35. The lowest BCUT2D eigenvalue weighted by molar-refractivity contribution is 0.0509. The number of amides is 1. The fraction of sp³-hybridized carbons (Fsp3) is 0.478. The minimum Gasteiger partial charge on any atom is -0.459 e. The van der Waals surface area contributed by atoms with Gasteiger partial charge in [0.2, 0.25) is 0 Å². The SMILES string of the molecule is CN=C(NCC1(c2ccc(F)cc2)CCOCC1)N1CCN(C(=O)c2ccco2)CC1. The van der Waals surface area contributed by atoms with Crippen LogP contribution in [0.1, 0.15) is 29.0 Å². The molecule has 2 fully saturated rings. The van der Waals surface area contributed by atoms with Gasteiger partial charge in [0.25, 0.3) is 5.91 Å². The fourth-order valence-corrected chi connectivity index (χ4v) is 4.39. The minimum atomic E-state index is -0.225. The van der Waals surface area contributed by atoms with Crippen molar-refractivity contribution >= 4 is 11.9 Å². The standard InChI is InChI=1S/C23H29FN4O3/c1-25-22(28-12-10-27(11-13-28)21(29)20-3-2-14-31-20)26-17-23(8-15-30-16-9-23)18-4-6-19(24)7-5-18/h2-7,14H,8-13,15-17H2,1H3,(H,25,26). The van der Waals surface area contributed by atoms with E-state index in [2.05, 4.69) is 15.2 Å². The third-order valence-electron chi connectivity index (χ3n) is 6.30. The largest absolute Gasteiger partial charge is 0.459 e. The molecule has 0 aliphatic carbocycles. The van der Waals surface area contributed by atoms with Crippen LogP contribution >= 0.6 is 0 Å². The van der Waals surface area contributed by atoms with E-state index in [0.29, 0.717) is 51.7 Å². The Morgan fingerprint density at radius 3 is 2.39 bits per heavy atom. The van der Waals surface area contributed by atoms with E-state index in [1.807, 2.05) is 12.1 Å². The Balaban J connectivity index is 1.38. The Morgan fingerprint density at radius 1 is 1.10 bits per heavy atom. The summed E-state index contributed by atoms with van der Waals surface area (Å²) in [7, 11) is 1.78. The molecule has 8 heteroatoms. The number of nitrogens with zero attached hydrogens (tertiary/aromatic N) is 3. The van der Waals surface area contributed by atoms with Crippen molar-refractivity contribution in [3.63, 3.8) is 0 Å². The number of ether oxygens (including phenoxy) is 1. The van der Waals surface area contributed by atoms with E-state index in [4.69, 9.17) is 9.15 Å². The molecule has 31 heavy (non-hydrogen) atoms. The van der Waals surface area contributed by atoms with Gasteiger partial charge in [-0.2, -0.15) is 0 Å². The molecule has 0 atom stereocenters. The highest BCUT2D eigenvalue weighted by molar-refractivity contribution is 5.91. The summed E-state index contributed by atoms with van der Waals surface area (Å²) < 4.78 is 24.3. The van der Waals surface area contributed by atoms with E-state index in [-0.39, 0.29) is 17.1 Å². The van der Waals surface area contributed by atoms with Crippen molar-refractivity contribution in [1.29, 1.82) is 0 Å². The number of guanidine groups is 1. The number of furan rings is 1. The van der Waals surface area contributed by atoms with Gasteiger partial charge in [-0.15, -0.1) is 0 Å². The minimum absolute atomic E-state index is 0.0786. The molecule has 1 aromatic carbocycles. The van der Waals surface area contributed by atoms with E-state index in [9.17, 15) is 9.18 Å².